The summed E-state index contributed by atoms with van der Waals surface area (Å²) < 4.78 is 5.99. The number of nitrogens with zero attached hydrogens (tertiary/aromatic N) is 2. The average molecular weight is 399 g/mol. The van der Waals surface area contributed by atoms with Gasteiger partial charge in [-0.1, -0.05) is 25.1 Å². The van der Waals surface area contributed by atoms with Gasteiger partial charge in [0.15, 0.2) is 0 Å². The second-order valence-electron chi connectivity index (χ2n) is 9.14. The van der Waals surface area contributed by atoms with Crippen molar-refractivity contribution in [1.29, 1.82) is 5.26 Å². The zero-order chi connectivity index (χ0) is 21.2. The molecule has 1 aromatic heterocycles. The van der Waals surface area contributed by atoms with Crippen molar-refractivity contribution in [2.24, 2.45) is 5.73 Å². The third-order valence-corrected chi connectivity index (χ3v) is 6.90. The number of hydrogen-bond acceptors (Lipinski definition) is 4. The summed E-state index contributed by atoms with van der Waals surface area (Å²) in [5.74, 6) is 1.07. The molecule has 2 aliphatic heterocycles. The van der Waals surface area contributed by atoms with E-state index < -0.39 is 0 Å². The lowest BCUT2D eigenvalue weighted by atomic mass is 9.77. The van der Waals surface area contributed by atoms with E-state index in [1.807, 2.05) is 24.4 Å². The van der Waals surface area contributed by atoms with Gasteiger partial charge in [-0.15, -0.1) is 0 Å². The lowest BCUT2D eigenvalue weighted by Gasteiger charge is -2.46. The molecule has 0 fully saturated rings. The molecule has 3 heterocycles. The van der Waals surface area contributed by atoms with Crippen molar-refractivity contribution in [1.82, 2.24) is 4.98 Å². The molecule has 0 saturated carbocycles. The molecule has 5 heteroatoms. The number of nitrogens with one attached hydrogen (secondary N) is 1. The van der Waals surface area contributed by atoms with Crippen molar-refractivity contribution >= 4 is 16.6 Å². The normalized spacial score (nSPS) is 22.3. The molecule has 30 heavy (non-hydrogen) atoms. The fraction of sp³-hybridized carbons (Fsp3) is 0.320. The van der Waals surface area contributed by atoms with Gasteiger partial charge < -0.3 is 20.4 Å². The first-order chi connectivity index (χ1) is 14.3. The zero-order valence-corrected chi connectivity index (χ0v) is 17.8. The lowest BCUT2D eigenvalue weighted by molar-refractivity contribution is 0.381. The Kier molecular flexibility index (Phi) is 3.91. The number of anilines is 1. The summed E-state index contributed by atoms with van der Waals surface area (Å²) in [6.07, 6.45) is 3.06. The first kappa shape index (κ1) is 18.6. The van der Waals surface area contributed by atoms with Crippen LogP contribution in [-0.2, 0) is 0 Å². The number of para-hydroxylation sites is 1. The van der Waals surface area contributed by atoms with Crippen LogP contribution in [-0.4, -0.2) is 17.6 Å². The van der Waals surface area contributed by atoms with Crippen LogP contribution in [0.1, 0.15) is 55.7 Å². The third-order valence-electron chi connectivity index (χ3n) is 6.90. The summed E-state index contributed by atoms with van der Waals surface area (Å²) in [5, 5.41) is 11.0. The van der Waals surface area contributed by atoms with Crippen molar-refractivity contribution in [3.05, 3.63) is 70.7 Å². The molecule has 0 bridgehead atoms. The fourth-order valence-electron chi connectivity index (χ4n) is 5.17. The number of benzene rings is 2. The molecule has 152 valence electrons. The summed E-state index contributed by atoms with van der Waals surface area (Å²) >= 11 is 0. The highest BCUT2D eigenvalue weighted by molar-refractivity contribution is 5.85. The molecule has 0 radical (unpaired) electrons. The second-order valence-corrected chi connectivity index (χ2v) is 9.14. The van der Waals surface area contributed by atoms with Crippen LogP contribution in [0.2, 0.25) is 0 Å². The molecule has 2 unspecified atom stereocenters. The smallest absolute Gasteiger partial charge is 0.205 e. The molecule has 0 spiro atoms. The molecule has 5 nitrogen and oxygen atoms in total. The van der Waals surface area contributed by atoms with Crippen LogP contribution in [0, 0.1) is 11.3 Å². The summed E-state index contributed by atoms with van der Waals surface area (Å²) in [4.78, 5) is 5.67. The highest BCUT2D eigenvalue weighted by Crippen LogP contribution is 2.50. The number of aromatic nitrogens is 1. The fourth-order valence-corrected chi connectivity index (χ4v) is 5.17. The summed E-state index contributed by atoms with van der Waals surface area (Å²) in [5.41, 5.74) is 12.3. The number of ether oxygens (including phenoxy) is 1. The van der Waals surface area contributed by atoms with Crippen LogP contribution in [0.4, 0.5) is 5.69 Å². The van der Waals surface area contributed by atoms with Gasteiger partial charge in [-0.3, -0.25) is 0 Å². The van der Waals surface area contributed by atoms with E-state index >= 15 is 0 Å². The Labute approximate surface area is 176 Å². The molecular weight excluding hydrogens is 372 g/mol. The number of aromatic amines is 1. The number of nitriles is 1. The Balaban J connectivity index is 1.76. The molecule has 0 saturated heterocycles. The number of hydrogen-bond donors (Lipinski definition) is 2. The van der Waals surface area contributed by atoms with Gasteiger partial charge in [-0.05, 0) is 49.4 Å². The van der Waals surface area contributed by atoms with Gasteiger partial charge in [0.25, 0.3) is 0 Å². The third kappa shape index (κ3) is 2.53. The molecular formula is C25H26N4O. The van der Waals surface area contributed by atoms with E-state index in [1.165, 1.54) is 11.3 Å². The summed E-state index contributed by atoms with van der Waals surface area (Å²) in [6.45, 7) is 6.81. The minimum atomic E-state index is -0.257. The Morgan fingerprint density at radius 1 is 1.20 bits per heavy atom. The van der Waals surface area contributed by atoms with Crippen LogP contribution >= 0.6 is 0 Å². The first-order valence-corrected chi connectivity index (χ1v) is 10.4. The van der Waals surface area contributed by atoms with Gasteiger partial charge in [0, 0.05) is 47.0 Å². The maximum absolute atomic E-state index is 9.94. The summed E-state index contributed by atoms with van der Waals surface area (Å²) in [7, 11) is 2.14. The van der Waals surface area contributed by atoms with E-state index in [2.05, 4.69) is 62.0 Å². The number of allylic oxidation sites excluding steroid dienone is 1. The van der Waals surface area contributed by atoms with E-state index in [1.54, 1.807) is 0 Å². The van der Waals surface area contributed by atoms with E-state index in [-0.39, 0.29) is 17.3 Å². The molecule has 0 aliphatic carbocycles. The van der Waals surface area contributed by atoms with Gasteiger partial charge >= 0.3 is 0 Å². The van der Waals surface area contributed by atoms with Gasteiger partial charge in [0.2, 0.25) is 5.88 Å². The van der Waals surface area contributed by atoms with Crippen LogP contribution in [0.5, 0.6) is 5.75 Å². The molecule has 2 atom stereocenters. The quantitative estimate of drug-likeness (QED) is 0.597. The lowest BCUT2D eigenvalue weighted by Crippen LogP contribution is -2.45. The van der Waals surface area contributed by atoms with E-state index in [0.29, 0.717) is 11.5 Å². The Hall–Kier alpha value is -3.39. The van der Waals surface area contributed by atoms with Gasteiger partial charge in [0.1, 0.15) is 17.4 Å². The van der Waals surface area contributed by atoms with Crippen molar-refractivity contribution < 1.29 is 4.74 Å². The van der Waals surface area contributed by atoms with Crippen LogP contribution < -0.4 is 15.4 Å². The van der Waals surface area contributed by atoms with Crippen LogP contribution in [0.25, 0.3) is 10.9 Å². The Morgan fingerprint density at radius 3 is 2.73 bits per heavy atom. The standard InChI is InChI=1S/C25H26N4O/c1-14-11-25(2,3)29(4)21-10-22-17(9-16(14)21)23(18(12-26)24(27)30-22)19-13-28-20-8-6-5-7-15(19)20/h5-10,13-14,23,28H,11,27H2,1-4H3. The molecule has 2 aliphatic rings. The first-order valence-electron chi connectivity index (χ1n) is 10.4. The maximum atomic E-state index is 9.94. The summed E-state index contributed by atoms with van der Waals surface area (Å²) in [6, 6.07) is 14.8. The average Bonchev–Trinajstić information content (AvgIpc) is 3.13. The number of H-pyrrole nitrogens is 1. The van der Waals surface area contributed by atoms with Crippen molar-refractivity contribution in [2.75, 3.05) is 11.9 Å². The molecule has 3 N–H and O–H groups in total. The molecule has 0 amide bonds. The van der Waals surface area contributed by atoms with E-state index in [4.69, 9.17) is 10.5 Å². The predicted octanol–water partition coefficient (Wildman–Crippen LogP) is 5.11. The predicted molar refractivity (Wildman–Crippen MR) is 120 cm³/mol. The van der Waals surface area contributed by atoms with E-state index in [9.17, 15) is 5.26 Å². The molecule has 2 aromatic carbocycles. The number of rotatable bonds is 1. The topological polar surface area (TPSA) is 78.1 Å². The van der Waals surface area contributed by atoms with E-state index in [0.717, 1.165) is 34.2 Å². The van der Waals surface area contributed by atoms with Crippen molar-refractivity contribution in [3.63, 3.8) is 0 Å². The number of fused-ring (bicyclic) bond motifs is 3. The SMILES string of the molecule is CC1CC(C)(C)N(C)c2cc3c(cc21)C(c1c[nH]c2ccccc12)C(C#N)=C(N)O3. The van der Waals surface area contributed by atoms with Crippen LogP contribution in [0.15, 0.2) is 54.1 Å². The maximum Gasteiger partial charge on any atom is 0.205 e. The van der Waals surface area contributed by atoms with Crippen LogP contribution in [0.3, 0.4) is 0 Å². The number of nitrogens with two attached hydrogens (primary N) is 1. The van der Waals surface area contributed by atoms with Crippen molar-refractivity contribution in [2.45, 2.75) is 44.6 Å². The minimum Gasteiger partial charge on any atom is -0.440 e. The Morgan fingerprint density at radius 2 is 1.97 bits per heavy atom. The Bertz CT molecular complexity index is 1240. The van der Waals surface area contributed by atoms with Gasteiger partial charge in [-0.25, -0.2) is 0 Å². The minimum absolute atomic E-state index is 0.0603. The molecule has 3 aromatic rings. The van der Waals surface area contributed by atoms with Gasteiger partial charge in [0.05, 0.1) is 5.92 Å². The van der Waals surface area contributed by atoms with Gasteiger partial charge in [-0.2, -0.15) is 5.26 Å². The second kappa shape index (κ2) is 6.30. The highest BCUT2D eigenvalue weighted by atomic mass is 16.5. The monoisotopic (exact) mass is 398 g/mol. The highest BCUT2D eigenvalue weighted by Gasteiger charge is 2.38. The van der Waals surface area contributed by atoms with Crippen molar-refractivity contribution in [3.8, 4) is 11.8 Å². The largest absolute Gasteiger partial charge is 0.440 e. The molecule has 5 rings (SSSR count). The zero-order valence-electron chi connectivity index (χ0n) is 17.8.